The largest absolute Gasteiger partial charge is 1.00 e. The minimum atomic E-state index is 0. The molecule has 1 radical (unpaired) electrons. The Balaban J connectivity index is -0.00000000667. The van der Waals surface area contributed by atoms with Crippen molar-refractivity contribution in [3.05, 3.63) is 4.91 Å². The van der Waals surface area contributed by atoms with Crippen LogP contribution in [0.2, 0.25) is 0 Å². The van der Waals surface area contributed by atoms with Gasteiger partial charge in [0.15, 0.2) is 5.34 Å². The summed E-state index contributed by atoms with van der Waals surface area (Å²) < 4.78 is 0. The summed E-state index contributed by atoms with van der Waals surface area (Å²) in [4.78, 5) is 8.11. The van der Waals surface area contributed by atoms with Crippen LogP contribution < -0.4 is 18.9 Å². The number of nitrogens with zero attached hydrogens (tertiary/aromatic N) is 1. The average Bonchev–Trinajstić information content (AvgIpc) is 0.918. The van der Waals surface area contributed by atoms with Gasteiger partial charge in [0.1, 0.15) is 0 Å². The average molecular weight is 119 g/mol. The van der Waals surface area contributed by atoms with Gasteiger partial charge in [-0.1, -0.05) is 0 Å². The van der Waals surface area contributed by atoms with Crippen LogP contribution in [-0.2, 0) is 17.1 Å². The van der Waals surface area contributed by atoms with E-state index in [1.807, 2.05) is 0 Å². The third-order valence-corrected chi connectivity index (χ3v) is 0. The van der Waals surface area contributed by atoms with Gasteiger partial charge < -0.3 is 6.63 Å². The summed E-state index contributed by atoms with van der Waals surface area (Å²) in [5.41, 5.74) is 0. The first-order valence-electron chi connectivity index (χ1n) is 0.383. The monoisotopic (exact) mass is 118 g/mol. The second kappa shape index (κ2) is 24.3. The van der Waals surface area contributed by atoms with Gasteiger partial charge >= 0.3 is 18.9 Å². The Morgan fingerprint density at radius 3 is 1.80 bits per heavy atom. The number of hydrogen-bond donors (Lipinski definition) is 1. The van der Waals surface area contributed by atoms with Crippen molar-refractivity contribution >= 4 is 0 Å². The predicted octanol–water partition coefficient (Wildman–Crippen LogP) is -2.74. The SMILES string of the molecule is O=NO.[Cu].[H-].[Li+]. The Morgan fingerprint density at radius 2 is 1.80 bits per heavy atom. The molecule has 0 saturated carbocycles. The molecule has 0 aliphatic heterocycles. The van der Waals surface area contributed by atoms with E-state index in [0.717, 1.165) is 0 Å². The molecule has 0 unspecified atom stereocenters. The molecule has 1 N–H and O–H groups in total. The van der Waals surface area contributed by atoms with Crippen LogP contribution in [0.1, 0.15) is 1.43 Å². The van der Waals surface area contributed by atoms with Crippen LogP contribution in [0.25, 0.3) is 0 Å². The molecule has 0 fully saturated rings. The Bertz CT molecular complexity index is 21.0. The molecule has 0 bridgehead atoms. The quantitative estimate of drug-likeness (QED) is 0.213. The summed E-state index contributed by atoms with van der Waals surface area (Å²) in [6.45, 7) is 0. The van der Waals surface area contributed by atoms with Gasteiger partial charge in [-0.2, -0.15) is 0 Å². The third-order valence-electron chi connectivity index (χ3n) is 0. The van der Waals surface area contributed by atoms with Gasteiger partial charge in [-0.05, 0) is 0 Å². The van der Waals surface area contributed by atoms with Crippen molar-refractivity contribution in [1.82, 2.24) is 0 Å². The molecule has 0 aliphatic rings. The maximum absolute atomic E-state index is 8.11. The Labute approximate surface area is 53.2 Å². The van der Waals surface area contributed by atoms with Crippen molar-refractivity contribution in [2.45, 2.75) is 0 Å². The standard InChI is InChI=1S/Cu.Li.HNO2.H/c;;2-1-3;/h;;(H,2,3);/q;+1;;-1. The minimum Gasteiger partial charge on any atom is -1.00 e. The Morgan fingerprint density at radius 1 is 1.80 bits per heavy atom. The predicted molar refractivity (Wildman–Crippen MR) is 8.69 cm³/mol. The van der Waals surface area contributed by atoms with Crippen LogP contribution in [-0.4, -0.2) is 5.21 Å². The minimum absolute atomic E-state index is 0. The van der Waals surface area contributed by atoms with Crippen molar-refractivity contribution in [2.75, 3.05) is 0 Å². The second-order valence-corrected chi connectivity index (χ2v) is 0.0816. The van der Waals surface area contributed by atoms with Gasteiger partial charge in [0.2, 0.25) is 0 Å². The van der Waals surface area contributed by atoms with Crippen molar-refractivity contribution in [2.24, 2.45) is 5.34 Å². The molecule has 0 rings (SSSR count). The van der Waals surface area contributed by atoms with Gasteiger partial charge in [0, 0.05) is 17.1 Å². The first-order valence-corrected chi connectivity index (χ1v) is 0.383. The van der Waals surface area contributed by atoms with Gasteiger partial charge in [-0.15, -0.1) is 4.91 Å². The van der Waals surface area contributed by atoms with E-state index in [0.29, 0.717) is 0 Å². The second-order valence-electron chi connectivity index (χ2n) is 0.0816. The van der Waals surface area contributed by atoms with Crippen LogP contribution in [0.4, 0.5) is 0 Å². The van der Waals surface area contributed by atoms with E-state index in [2.05, 4.69) is 0 Å². The van der Waals surface area contributed by atoms with Crippen LogP contribution >= 0.6 is 0 Å². The molecule has 0 aromatic carbocycles. The van der Waals surface area contributed by atoms with E-state index in [1.54, 1.807) is 0 Å². The molecule has 0 heterocycles. The van der Waals surface area contributed by atoms with Crippen molar-refractivity contribution < 1.29 is 42.6 Å². The summed E-state index contributed by atoms with van der Waals surface area (Å²) in [6.07, 6.45) is 0. The van der Waals surface area contributed by atoms with E-state index in [9.17, 15) is 0 Å². The van der Waals surface area contributed by atoms with Crippen molar-refractivity contribution in [3.63, 3.8) is 0 Å². The molecule has 31 valence electrons. The zero-order chi connectivity index (χ0) is 2.71. The molecular weight excluding hydrogens is 116 g/mol. The molecular formula is H2CuLiNO2. The summed E-state index contributed by atoms with van der Waals surface area (Å²) >= 11 is 0. The first kappa shape index (κ1) is 17.8. The molecule has 5 heavy (non-hydrogen) atoms. The fourth-order valence-corrected chi connectivity index (χ4v) is 0. The van der Waals surface area contributed by atoms with Crippen LogP contribution in [0.3, 0.4) is 0 Å². The van der Waals surface area contributed by atoms with Gasteiger partial charge in [-0.25, -0.2) is 0 Å². The van der Waals surface area contributed by atoms with Crippen molar-refractivity contribution in [1.29, 1.82) is 0 Å². The maximum atomic E-state index is 8.11. The molecule has 0 amide bonds. The molecule has 3 nitrogen and oxygen atoms in total. The van der Waals surface area contributed by atoms with E-state index in [4.69, 9.17) is 10.1 Å². The normalized spacial score (nSPS) is 2.40. The fraction of sp³-hybridized carbons (Fsp3) is 0. The molecule has 5 heteroatoms. The summed E-state index contributed by atoms with van der Waals surface area (Å²) in [5.74, 6) is 0. The molecule has 0 atom stereocenters. The molecule has 0 spiro atoms. The van der Waals surface area contributed by atoms with Gasteiger partial charge in [0.25, 0.3) is 0 Å². The molecule has 0 aliphatic carbocycles. The smallest absolute Gasteiger partial charge is 1.00 e. The third kappa shape index (κ3) is 107. The molecule has 0 aromatic heterocycles. The Hall–Kier alpha value is 0.517. The molecule has 0 aromatic rings. The van der Waals surface area contributed by atoms with Crippen LogP contribution in [0.5, 0.6) is 0 Å². The number of rotatable bonds is 0. The summed E-state index contributed by atoms with van der Waals surface area (Å²) in [7, 11) is 0. The summed E-state index contributed by atoms with van der Waals surface area (Å²) in [6, 6.07) is 0. The van der Waals surface area contributed by atoms with E-state index in [-0.39, 0.29) is 37.4 Å². The zero-order valence-corrected chi connectivity index (χ0v) is 3.55. The maximum Gasteiger partial charge on any atom is 1.00 e. The fourth-order valence-electron chi connectivity index (χ4n) is 0. The van der Waals surface area contributed by atoms with Crippen LogP contribution in [0.15, 0.2) is 5.34 Å². The van der Waals surface area contributed by atoms with E-state index < -0.39 is 0 Å². The van der Waals surface area contributed by atoms with E-state index in [1.165, 1.54) is 5.34 Å². The molecule has 0 saturated heterocycles. The summed E-state index contributed by atoms with van der Waals surface area (Å²) in [5, 5.41) is 7.89. The van der Waals surface area contributed by atoms with Gasteiger partial charge in [0.05, 0.1) is 0 Å². The van der Waals surface area contributed by atoms with E-state index >= 15 is 0 Å². The van der Waals surface area contributed by atoms with Gasteiger partial charge in [-0.3, -0.25) is 0 Å². The first-order chi connectivity index (χ1) is 1.41. The topological polar surface area (TPSA) is 49.7 Å². The van der Waals surface area contributed by atoms with Crippen molar-refractivity contribution in [3.8, 4) is 0 Å². The number of hydrogen-bond acceptors (Lipinski definition) is 2. The zero-order valence-electron chi connectivity index (χ0n) is 3.60. The Kier molecular flexibility index (Phi) is 86.3. The van der Waals surface area contributed by atoms with Crippen LogP contribution in [0, 0.1) is 4.91 Å².